The number of carbonyl (C=O) groups is 3. The summed E-state index contributed by atoms with van der Waals surface area (Å²) < 4.78 is 3.22. The summed E-state index contributed by atoms with van der Waals surface area (Å²) in [4.78, 5) is 57.0. The van der Waals surface area contributed by atoms with E-state index in [9.17, 15) is 19.5 Å². The van der Waals surface area contributed by atoms with Crippen molar-refractivity contribution in [2.24, 2.45) is 11.8 Å². The van der Waals surface area contributed by atoms with Crippen molar-refractivity contribution in [3.63, 3.8) is 0 Å². The Hall–Kier alpha value is -4.88. The number of likely N-dealkylation sites (tertiary alicyclic amines) is 1. The molecule has 1 N–H and O–H groups in total. The molecule has 7 heterocycles. The SMILES string of the molecule is Cc1ncn(C2(C)CCN(c3cc(C)c4nc(C(=O)N5C[C@@H]6CN(c7cccc(C(=O)O)n7)C[C@@H]6C5)nn4c3)C2=O)n1. The van der Waals surface area contributed by atoms with E-state index in [0.717, 1.165) is 5.56 Å². The Morgan fingerprint density at radius 3 is 2.50 bits per heavy atom. The van der Waals surface area contributed by atoms with Crippen molar-refractivity contribution in [3.05, 3.63) is 59.7 Å². The number of carboxylic acid groups (broad SMARTS) is 1. The quantitative estimate of drug-likeness (QED) is 0.372. The number of aryl methyl sites for hydroxylation is 2. The maximum atomic E-state index is 13.5. The van der Waals surface area contributed by atoms with E-state index in [1.165, 1.54) is 6.07 Å². The number of amides is 2. The molecule has 3 fully saturated rings. The highest BCUT2D eigenvalue weighted by atomic mass is 16.4. The van der Waals surface area contributed by atoms with Crippen LogP contribution < -0.4 is 9.80 Å². The first-order valence-electron chi connectivity index (χ1n) is 13.9. The van der Waals surface area contributed by atoms with Crippen LogP contribution in [-0.4, -0.2) is 94.9 Å². The molecule has 4 aromatic heterocycles. The lowest BCUT2D eigenvalue weighted by Crippen LogP contribution is -2.40. The summed E-state index contributed by atoms with van der Waals surface area (Å²) in [6, 6.07) is 6.90. The van der Waals surface area contributed by atoms with Gasteiger partial charge in [0, 0.05) is 44.6 Å². The maximum Gasteiger partial charge on any atom is 0.354 e. The second-order valence-corrected chi connectivity index (χ2v) is 11.6. The van der Waals surface area contributed by atoms with E-state index in [1.807, 2.05) is 26.0 Å². The minimum atomic E-state index is -1.05. The lowest BCUT2D eigenvalue weighted by Gasteiger charge is -2.23. The Labute approximate surface area is 240 Å². The predicted molar refractivity (Wildman–Crippen MR) is 149 cm³/mol. The minimum Gasteiger partial charge on any atom is -0.477 e. The Bertz CT molecular complexity index is 1750. The van der Waals surface area contributed by atoms with Crippen LogP contribution in [0.4, 0.5) is 11.5 Å². The molecule has 3 atom stereocenters. The molecular formula is C28H30N10O4. The van der Waals surface area contributed by atoms with Crippen molar-refractivity contribution in [2.75, 3.05) is 42.5 Å². The zero-order valence-corrected chi connectivity index (χ0v) is 23.5. The number of hydrogen-bond acceptors (Lipinski definition) is 9. The summed E-state index contributed by atoms with van der Waals surface area (Å²) in [5.41, 5.74) is 1.25. The van der Waals surface area contributed by atoms with Gasteiger partial charge in [-0.05, 0) is 51.0 Å². The van der Waals surface area contributed by atoms with Crippen LogP contribution in [0.2, 0.25) is 0 Å². The number of nitrogens with zero attached hydrogens (tertiary/aromatic N) is 10. The largest absolute Gasteiger partial charge is 0.477 e. The molecule has 3 aliphatic heterocycles. The van der Waals surface area contributed by atoms with E-state index in [4.69, 9.17) is 0 Å². The average molecular weight is 571 g/mol. The second kappa shape index (κ2) is 9.33. The van der Waals surface area contributed by atoms with Crippen LogP contribution in [-0.2, 0) is 10.3 Å². The Morgan fingerprint density at radius 1 is 1.05 bits per heavy atom. The summed E-state index contributed by atoms with van der Waals surface area (Å²) in [6.45, 7) is 8.61. The number of pyridine rings is 2. The first-order valence-corrected chi connectivity index (χ1v) is 13.9. The highest BCUT2D eigenvalue weighted by molar-refractivity contribution is 6.01. The summed E-state index contributed by atoms with van der Waals surface area (Å²) in [7, 11) is 0. The molecule has 0 radical (unpaired) electrons. The van der Waals surface area contributed by atoms with Gasteiger partial charge in [-0.1, -0.05) is 6.07 Å². The molecule has 3 aliphatic rings. The van der Waals surface area contributed by atoms with Gasteiger partial charge in [-0.3, -0.25) is 9.59 Å². The maximum absolute atomic E-state index is 13.5. The number of rotatable bonds is 5. The smallest absolute Gasteiger partial charge is 0.354 e. The number of hydrogen-bond donors (Lipinski definition) is 1. The van der Waals surface area contributed by atoms with Crippen molar-refractivity contribution in [1.29, 1.82) is 0 Å². The molecule has 1 unspecified atom stereocenters. The zero-order valence-electron chi connectivity index (χ0n) is 23.5. The van der Waals surface area contributed by atoms with Crippen molar-refractivity contribution in [2.45, 2.75) is 32.7 Å². The highest BCUT2D eigenvalue weighted by Gasteiger charge is 2.46. The van der Waals surface area contributed by atoms with Crippen LogP contribution in [0, 0.1) is 25.7 Å². The summed E-state index contributed by atoms with van der Waals surface area (Å²) in [6.07, 6.45) is 3.93. The van der Waals surface area contributed by atoms with E-state index >= 15 is 0 Å². The third kappa shape index (κ3) is 4.08. The average Bonchev–Trinajstić information content (AvgIpc) is 3.78. The van der Waals surface area contributed by atoms with E-state index < -0.39 is 11.5 Å². The number of carbonyl (C=O) groups excluding carboxylic acids is 2. The van der Waals surface area contributed by atoms with Gasteiger partial charge < -0.3 is 19.8 Å². The van der Waals surface area contributed by atoms with Crippen molar-refractivity contribution < 1.29 is 19.5 Å². The normalized spacial score (nSPS) is 23.8. The standard InChI is InChI=1S/C28H30N10O4/c1-16-9-20(36-8-7-28(3,27(36)42)38-15-29-17(2)32-38)14-37-24(16)31-23(33-37)25(39)35-12-18-10-34(11-19(18)13-35)22-6-4-5-21(30-22)26(40)41/h4-6,9,14-15,18-19H,7-8,10-13H2,1-3H3,(H,40,41)/t18-,19+,28?. The van der Waals surface area contributed by atoms with Gasteiger partial charge in [-0.15, -0.1) is 5.10 Å². The van der Waals surface area contributed by atoms with Crippen LogP contribution in [0.15, 0.2) is 36.8 Å². The van der Waals surface area contributed by atoms with Crippen molar-refractivity contribution in [1.82, 2.24) is 39.2 Å². The highest BCUT2D eigenvalue weighted by Crippen LogP contribution is 2.35. The molecule has 7 rings (SSSR count). The summed E-state index contributed by atoms with van der Waals surface area (Å²) >= 11 is 0. The molecule has 4 aromatic rings. The third-order valence-corrected chi connectivity index (χ3v) is 8.80. The van der Waals surface area contributed by atoms with Gasteiger partial charge in [0.15, 0.2) is 11.3 Å². The summed E-state index contributed by atoms with van der Waals surface area (Å²) in [5, 5.41) is 18.2. The van der Waals surface area contributed by atoms with Crippen LogP contribution in [0.25, 0.3) is 5.65 Å². The van der Waals surface area contributed by atoms with Gasteiger partial charge in [0.25, 0.3) is 11.8 Å². The Morgan fingerprint density at radius 2 is 1.81 bits per heavy atom. The molecule has 14 heteroatoms. The van der Waals surface area contributed by atoms with Gasteiger partial charge in [0.2, 0.25) is 5.82 Å². The molecule has 0 aliphatic carbocycles. The fourth-order valence-corrected chi connectivity index (χ4v) is 6.45. The number of carboxylic acids is 1. The van der Waals surface area contributed by atoms with Crippen LogP contribution in [0.5, 0.6) is 0 Å². The van der Waals surface area contributed by atoms with Crippen LogP contribution in [0.3, 0.4) is 0 Å². The number of anilines is 2. The predicted octanol–water partition coefficient (Wildman–Crippen LogP) is 1.39. The molecule has 0 aromatic carbocycles. The topological polar surface area (TPSA) is 155 Å². The van der Waals surface area contributed by atoms with Gasteiger partial charge in [0.05, 0.1) is 11.9 Å². The molecule has 3 saturated heterocycles. The van der Waals surface area contributed by atoms with Gasteiger partial charge in [-0.25, -0.2) is 28.9 Å². The van der Waals surface area contributed by atoms with Crippen molar-refractivity contribution in [3.8, 4) is 0 Å². The Kier molecular flexibility index (Phi) is 5.78. The first-order chi connectivity index (χ1) is 20.1. The molecule has 42 heavy (non-hydrogen) atoms. The van der Waals surface area contributed by atoms with Crippen molar-refractivity contribution >= 4 is 34.9 Å². The molecule has 0 saturated carbocycles. The third-order valence-electron chi connectivity index (χ3n) is 8.80. The minimum absolute atomic E-state index is 0.0196. The molecule has 14 nitrogen and oxygen atoms in total. The van der Waals surface area contributed by atoms with Gasteiger partial charge >= 0.3 is 5.97 Å². The molecule has 0 bridgehead atoms. The number of aromatic carboxylic acids is 1. The van der Waals surface area contributed by atoms with Gasteiger partial charge in [-0.2, -0.15) is 5.10 Å². The molecule has 216 valence electrons. The van der Waals surface area contributed by atoms with E-state index in [-0.39, 0.29) is 35.2 Å². The second-order valence-electron chi connectivity index (χ2n) is 11.6. The zero-order chi connectivity index (χ0) is 29.3. The fourth-order valence-electron chi connectivity index (χ4n) is 6.45. The molecule has 2 amide bonds. The monoisotopic (exact) mass is 570 g/mol. The molecule has 0 spiro atoms. The van der Waals surface area contributed by atoms with Crippen LogP contribution in [0.1, 0.15) is 45.8 Å². The van der Waals surface area contributed by atoms with E-state index in [0.29, 0.717) is 62.1 Å². The fraction of sp³-hybridized carbons (Fsp3) is 0.429. The number of aromatic nitrogens is 7. The summed E-state index contributed by atoms with van der Waals surface area (Å²) in [5.74, 6) is 0.520. The van der Waals surface area contributed by atoms with Gasteiger partial charge in [0.1, 0.15) is 23.5 Å². The number of fused-ring (bicyclic) bond motifs is 2. The lowest BCUT2D eigenvalue weighted by molar-refractivity contribution is -0.124. The lowest BCUT2D eigenvalue weighted by atomic mass is 10.0. The van der Waals surface area contributed by atoms with Crippen LogP contribution >= 0.6 is 0 Å². The molecular weight excluding hydrogens is 540 g/mol. The first kappa shape index (κ1) is 26.0. The Balaban J connectivity index is 1.07. The van der Waals surface area contributed by atoms with E-state index in [2.05, 4.69) is 30.0 Å². The van der Waals surface area contributed by atoms with E-state index in [1.54, 1.807) is 44.5 Å².